The number of carbonyl (C=O) groups is 2. The normalized spacial score (nSPS) is 12.0. The van der Waals surface area contributed by atoms with Crippen molar-refractivity contribution in [3.8, 4) is 0 Å². The first-order valence-electron chi connectivity index (χ1n) is 9.69. The number of hydrogen-bond donors (Lipinski definition) is 2. The van der Waals surface area contributed by atoms with Gasteiger partial charge in [-0.2, -0.15) is 0 Å². The average Bonchev–Trinajstić information content (AvgIpc) is 3.09. The van der Waals surface area contributed by atoms with Crippen LogP contribution >= 0.6 is 0 Å². The van der Waals surface area contributed by atoms with Gasteiger partial charge in [0.05, 0.1) is 4.92 Å². The largest absolute Gasteiger partial charge is 0.347 e. The third kappa shape index (κ3) is 4.83. The lowest BCUT2D eigenvalue weighted by Crippen LogP contribution is -2.41. The van der Waals surface area contributed by atoms with E-state index in [2.05, 4.69) is 29.0 Å². The van der Waals surface area contributed by atoms with Crippen LogP contribution in [0, 0.1) is 16.0 Å². The highest BCUT2D eigenvalue weighted by Gasteiger charge is 2.18. The van der Waals surface area contributed by atoms with E-state index in [4.69, 9.17) is 0 Å². The number of nitro benzene ring substituents is 1. The van der Waals surface area contributed by atoms with Crippen LogP contribution in [-0.4, -0.2) is 27.3 Å². The quantitative estimate of drug-likeness (QED) is 0.456. The number of rotatable bonds is 7. The molecule has 0 aliphatic heterocycles. The molecule has 156 valence electrons. The highest BCUT2D eigenvalue weighted by molar-refractivity contribution is 6.02. The molecule has 0 saturated carbocycles. The summed E-state index contributed by atoms with van der Waals surface area (Å²) < 4.78 is 2.17. The molecule has 3 rings (SSSR count). The monoisotopic (exact) mass is 408 g/mol. The Balaban J connectivity index is 1.66. The summed E-state index contributed by atoms with van der Waals surface area (Å²) >= 11 is 0. The maximum Gasteiger partial charge on any atom is 0.270 e. The fraction of sp³-hybridized carbons (Fsp3) is 0.273. The standard InChI is InChI=1S/C22H24N4O4/c1-14(2)13-25-10-9-16-11-18(7-8-20(16)25)24-21(27)15(3)23-22(28)17-5-4-6-19(12-17)26(29)30/h4-12,14-15H,13H2,1-3H3,(H,23,28)(H,24,27). The summed E-state index contributed by atoms with van der Waals surface area (Å²) in [4.78, 5) is 35.1. The van der Waals surface area contributed by atoms with Crippen molar-refractivity contribution >= 4 is 34.1 Å². The number of hydrogen-bond acceptors (Lipinski definition) is 4. The van der Waals surface area contributed by atoms with Crippen LogP contribution in [0.1, 0.15) is 31.1 Å². The predicted molar refractivity (Wildman–Crippen MR) is 115 cm³/mol. The van der Waals surface area contributed by atoms with Gasteiger partial charge in [-0.15, -0.1) is 0 Å². The molecule has 0 saturated heterocycles. The Morgan fingerprint density at radius 1 is 1.10 bits per heavy atom. The number of fused-ring (bicyclic) bond motifs is 1. The third-order valence-corrected chi connectivity index (χ3v) is 4.66. The second-order valence-corrected chi connectivity index (χ2v) is 7.63. The molecule has 0 spiro atoms. The molecular weight excluding hydrogens is 384 g/mol. The highest BCUT2D eigenvalue weighted by atomic mass is 16.6. The molecule has 1 aromatic heterocycles. The molecule has 2 N–H and O–H groups in total. The van der Waals surface area contributed by atoms with Crippen molar-refractivity contribution in [2.24, 2.45) is 5.92 Å². The van der Waals surface area contributed by atoms with Gasteiger partial charge in [-0.25, -0.2) is 0 Å². The van der Waals surface area contributed by atoms with E-state index >= 15 is 0 Å². The lowest BCUT2D eigenvalue weighted by atomic mass is 10.1. The van der Waals surface area contributed by atoms with Crippen LogP contribution in [0.3, 0.4) is 0 Å². The first-order chi connectivity index (χ1) is 14.2. The minimum atomic E-state index is -0.821. The number of benzene rings is 2. The average molecular weight is 408 g/mol. The van der Waals surface area contributed by atoms with Gasteiger partial charge in [0.2, 0.25) is 5.91 Å². The Morgan fingerprint density at radius 2 is 1.87 bits per heavy atom. The van der Waals surface area contributed by atoms with Gasteiger partial charge in [0.25, 0.3) is 11.6 Å². The molecule has 0 aliphatic rings. The predicted octanol–water partition coefficient (Wildman–Crippen LogP) is 3.96. The molecule has 0 fully saturated rings. The smallest absolute Gasteiger partial charge is 0.270 e. The number of amides is 2. The van der Waals surface area contributed by atoms with Crippen molar-refractivity contribution in [3.63, 3.8) is 0 Å². The number of nitro groups is 1. The van der Waals surface area contributed by atoms with E-state index in [0.29, 0.717) is 11.6 Å². The lowest BCUT2D eigenvalue weighted by Gasteiger charge is -2.14. The summed E-state index contributed by atoms with van der Waals surface area (Å²) in [5, 5.41) is 17.2. The molecule has 0 radical (unpaired) electrons. The first-order valence-corrected chi connectivity index (χ1v) is 9.69. The van der Waals surface area contributed by atoms with Crippen LogP contribution in [0.5, 0.6) is 0 Å². The highest BCUT2D eigenvalue weighted by Crippen LogP contribution is 2.22. The zero-order valence-electron chi connectivity index (χ0n) is 17.1. The third-order valence-electron chi connectivity index (χ3n) is 4.66. The van der Waals surface area contributed by atoms with Gasteiger partial charge < -0.3 is 15.2 Å². The van der Waals surface area contributed by atoms with Crippen LogP contribution in [0.2, 0.25) is 0 Å². The summed E-state index contributed by atoms with van der Waals surface area (Å²) in [5.41, 5.74) is 1.66. The molecule has 0 aliphatic carbocycles. The molecule has 2 amide bonds. The molecule has 2 aromatic carbocycles. The molecule has 1 heterocycles. The van der Waals surface area contributed by atoms with Crippen molar-refractivity contribution in [2.45, 2.75) is 33.4 Å². The van der Waals surface area contributed by atoms with Crippen LogP contribution in [0.15, 0.2) is 54.7 Å². The lowest BCUT2D eigenvalue weighted by molar-refractivity contribution is -0.384. The Kier molecular flexibility index (Phi) is 6.15. The van der Waals surface area contributed by atoms with Gasteiger partial charge in [-0.05, 0) is 43.2 Å². The molecule has 8 nitrogen and oxygen atoms in total. The molecule has 3 aromatic rings. The molecule has 1 unspecified atom stereocenters. The van der Waals surface area contributed by atoms with Crippen molar-refractivity contribution in [1.82, 2.24) is 9.88 Å². The van der Waals surface area contributed by atoms with Crippen molar-refractivity contribution in [1.29, 1.82) is 0 Å². The molecule has 30 heavy (non-hydrogen) atoms. The van der Waals surface area contributed by atoms with E-state index in [1.165, 1.54) is 24.3 Å². The SMILES string of the molecule is CC(C)Cn1ccc2cc(NC(=O)C(C)NC(=O)c3cccc([N+](=O)[O-])c3)ccc21. The van der Waals surface area contributed by atoms with Gasteiger partial charge >= 0.3 is 0 Å². The van der Waals surface area contributed by atoms with Crippen molar-refractivity contribution in [3.05, 3.63) is 70.4 Å². The minimum Gasteiger partial charge on any atom is -0.347 e. The maximum atomic E-state index is 12.5. The fourth-order valence-corrected chi connectivity index (χ4v) is 3.19. The Morgan fingerprint density at radius 3 is 2.57 bits per heavy atom. The summed E-state index contributed by atoms with van der Waals surface area (Å²) in [7, 11) is 0. The summed E-state index contributed by atoms with van der Waals surface area (Å²) in [6, 6.07) is 12.2. The van der Waals surface area contributed by atoms with Crippen LogP contribution in [0.4, 0.5) is 11.4 Å². The van der Waals surface area contributed by atoms with E-state index in [1.807, 2.05) is 30.5 Å². The van der Waals surface area contributed by atoms with Gasteiger partial charge in [0, 0.05) is 47.0 Å². The van der Waals surface area contributed by atoms with Crippen molar-refractivity contribution in [2.75, 3.05) is 5.32 Å². The number of non-ortho nitro benzene ring substituents is 1. The minimum absolute atomic E-state index is 0.122. The van der Waals surface area contributed by atoms with E-state index in [-0.39, 0.29) is 17.2 Å². The summed E-state index contributed by atoms with van der Waals surface area (Å²) in [5.74, 6) is -0.409. The topological polar surface area (TPSA) is 106 Å². The number of anilines is 1. The zero-order chi connectivity index (χ0) is 21.8. The van der Waals surface area contributed by atoms with Gasteiger partial charge in [0.15, 0.2) is 0 Å². The van der Waals surface area contributed by atoms with E-state index in [1.54, 1.807) is 6.92 Å². The molecule has 0 bridgehead atoms. The first kappa shape index (κ1) is 21.0. The zero-order valence-corrected chi connectivity index (χ0v) is 17.1. The second-order valence-electron chi connectivity index (χ2n) is 7.63. The Labute approximate surface area is 174 Å². The summed E-state index contributed by atoms with van der Waals surface area (Å²) in [6.45, 7) is 6.78. The molecule has 8 heteroatoms. The Bertz CT molecular complexity index is 1100. The Hall–Kier alpha value is -3.68. The summed E-state index contributed by atoms with van der Waals surface area (Å²) in [6.07, 6.45) is 2.03. The molecule has 1 atom stereocenters. The number of carbonyl (C=O) groups excluding carboxylic acids is 2. The molecular formula is C22H24N4O4. The number of nitrogens with one attached hydrogen (secondary N) is 2. The maximum absolute atomic E-state index is 12.5. The number of nitrogens with zero attached hydrogens (tertiary/aromatic N) is 2. The van der Waals surface area contributed by atoms with Gasteiger partial charge in [-0.1, -0.05) is 19.9 Å². The van der Waals surface area contributed by atoms with Gasteiger partial charge in [0.1, 0.15) is 6.04 Å². The van der Waals surface area contributed by atoms with Crippen LogP contribution in [0.25, 0.3) is 10.9 Å². The van der Waals surface area contributed by atoms with E-state index < -0.39 is 16.9 Å². The second kappa shape index (κ2) is 8.77. The van der Waals surface area contributed by atoms with E-state index in [0.717, 1.165) is 17.4 Å². The van der Waals surface area contributed by atoms with Crippen LogP contribution < -0.4 is 10.6 Å². The number of aromatic nitrogens is 1. The van der Waals surface area contributed by atoms with Crippen LogP contribution in [-0.2, 0) is 11.3 Å². The van der Waals surface area contributed by atoms with Gasteiger partial charge in [-0.3, -0.25) is 19.7 Å². The van der Waals surface area contributed by atoms with Crippen molar-refractivity contribution < 1.29 is 14.5 Å². The van der Waals surface area contributed by atoms with E-state index in [9.17, 15) is 19.7 Å². The fourth-order valence-electron chi connectivity index (χ4n) is 3.19.